The number of hydrogen-bond donors (Lipinski definition) is 1. The fraction of sp³-hybridized carbons (Fsp3) is 0.222. The molecule has 2 amide bonds. The van der Waals surface area contributed by atoms with Crippen LogP contribution >= 0.6 is 15.9 Å². The van der Waals surface area contributed by atoms with Crippen molar-refractivity contribution in [1.29, 1.82) is 0 Å². The van der Waals surface area contributed by atoms with Gasteiger partial charge in [0.25, 0.3) is 0 Å². The first kappa shape index (κ1) is 23.7. The Morgan fingerprint density at radius 1 is 1.09 bits per heavy atom. The lowest BCUT2D eigenvalue weighted by Crippen LogP contribution is -2.30. The lowest BCUT2D eigenvalue weighted by molar-refractivity contribution is -0.126. The van der Waals surface area contributed by atoms with E-state index in [1.165, 1.54) is 5.56 Å². The molecule has 174 valence electrons. The number of rotatable bonds is 7. The lowest BCUT2D eigenvalue weighted by atomic mass is 10.1. The maximum absolute atomic E-state index is 12.5. The van der Waals surface area contributed by atoms with Crippen molar-refractivity contribution in [3.05, 3.63) is 93.5 Å². The fourth-order valence-corrected chi connectivity index (χ4v) is 3.95. The van der Waals surface area contributed by atoms with E-state index < -0.39 is 5.92 Å². The zero-order valence-electron chi connectivity index (χ0n) is 19.1. The quantitative estimate of drug-likeness (QED) is 0.346. The molecule has 4 rings (SSSR count). The Kier molecular flexibility index (Phi) is 7.43. The first-order valence-corrected chi connectivity index (χ1v) is 11.9. The van der Waals surface area contributed by atoms with Gasteiger partial charge >= 0.3 is 0 Å². The third-order valence-corrected chi connectivity index (χ3v) is 6.41. The molecule has 0 saturated carbocycles. The molecule has 1 fully saturated rings. The van der Waals surface area contributed by atoms with Crippen molar-refractivity contribution in [1.82, 2.24) is 5.43 Å². The van der Waals surface area contributed by atoms with E-state index in [2.05, 4.69) is 26.5 Å². The van der Waals surface area contributed by atoms with Crippen LogP contribution in [-0.4, -0.2) is 24.6 Å². The van der Waals surface area contributed by atoms with Gasteiger partial charge in [-0.3, -0.25) is 9.59 Å². The molecule has 0 unspecified atom stereocenters. The first-order chi connectivity index (χ1) is 16.4. The second kappa shape index (κ2) is 10.7. The van der Waals surface area contributed by atoms with Crippen LogP contribution in [0.5, 0.6) is 5.75 Å². The molecular formula is C27H26BrN3O3. The average molecular weight is 520 g/mol. The van der Waals surface area contributed by atoms with Gasteiger partial charge in [0.15, 0.2) is 0 Å². The van der Waals surface area contributed by atoms with E-state index in [1.54, 1.807) is 11.1 Å². The summed E-state index contributed by atoms with van der Waals surface area (Å²) in [6.45, 7) is 4.88. The Hall–Kier alpha value is -3.45. The van der Waals surface area contributed by atoms with Gasteiger partial charge in [0.2, 0.25) is 11.8 Å². The van der Waals surface area contributed by atoms with Crippen LogP contribution in [-0.2, 0) is 16.2 Å². The second-order valence-corrected chi connectivity index (χ2v) is 9.31. The number of hydrazone groups is 1. The molecule has 0 aliphatic carbocycles. The summed E-state index contributed by atoms with van der Waals surface area (Å²) in [5, 5.41) is 4.07. The van der Waals surface area contributed by atoms with Crippen molar-refractivity contribution in [3.8, 4) is 5.75 Å². The van der Waals surface area contributed by atoms with Crippen molar-refractivity contribution >= 4 is 39.6 Å². The van der Waals surface area contributed by atoms with Gasteiger partial charge < -0.3 is 9.64 Å². The third kappa shape index (κ3) is 5.91. The maximum atomic E-state index is 12.5. The van der Waals surface area contributed by atoms with Gasteiger partial charge in [-0.1, -0.05) is 34.1 Å². The molecule has 34 heavy (non-hydrogen) atoms. The standard InChI is InChI=1S/C27H26BrN3O3/c1-18-3-10-24(13-19(18)2)31-16-22(14-26(31)32)27(33)30-29-15-20-6-11-25(12-7-20)34-17-21-4-8-23(28)9-5-21/h3-13,15,22H,14,16-17H2,1-2H3,(H,30,33)/b29-15-/t22-/m0/s1. The Bertz CT molecular complexity index is 1210. The van der Waals surface area contributed by atoms with Crippen LogP contribution in [0.15, 0.2) is 76.3 Å². The van der Waals surface area contributed by atoms with Crippen LogP contribution in [0, 0.1) is 19.8 Å². The smallest absolute Gasteiger partial charge is 0.245 e. The van der Waals surface area contributed by atoms with Crippen molar-refractivity contribution in [3.63, 3.8) is 0 Å². The molecule has 1 aliphatic heterocycles. The summed E-state index contributed by atoms with van der Waals surface area (Å²) >= 11 is 3.42. The molecule has 1 heterocycles. The van der Waals surface area contributed by atoms with Gasteiger partial charge in [-0.05, 0) is 84.6 Å². The van der Waals surface area contributed by atoms with E-state index in [9.17, 15) is 9.59 Å². The van der Waals surface area contributed by atoms with Crippen LogP contribution in [0.1, 0.15) is 28.7 Å². The predicted octanol–water partition coefficient (Wildman–Crippen LogP) is 5.15. The molecule has 3 aromatic carbocycles. The summed E-state index contributed by atoms with van der Waals surface area (Å²) in [5.41, 5.74) is 7.60. The Balaban J connectivity index is 1.27. The molecule has 0 aromatic heterocycles. The highest BCUT2D eigenvalue weighted by molar-refractivity contribution is 9.10. The molecule has 1 saturated heterocycles. The van der Waals surface area contributed by atoms with Gasteiger partial charge in [0.1, 0.15) is 12.4 Å². The summed E-state index contributed by atoms with van der Waals surface area (Å²) < 4.78 is 6.83. The molecule has 3 aromatic rings. The number of nitrogens with one attached hydrogen (secondary N) is 1. The summed E-state index contributed by atoms with van der Waals surface area (Å²) in [6.07, 6.45) is 1.76. The summed E-state index contributed by atoms with van der Waals surface area (Å²) in [5.74, 6) is 0.0112. The number of halogens is 1. The molecular weight excluding hydrogens is 494 g/mol. The predicted molar refractivity (Wildman–Crippen MR) is 137 cm³/mol. The van der Waals surface area contributed by atoms with E-state index >= 15 is 0 Å². The average Bonchev–Trinajstić information content (AvgIpc) is 3.23. The number of aryl methyl sites for hydroxylation is 2. The van der Waals surface area contributed by atoms with Crippen molar-refractivity contribution in [2.45, 2.75) is 26.9 Å². The number of benzene rings is 3. The monoisotopic (exact) mass is 519 g/mol. The van der Waals surface area contributed by atoms with Crippen LogP contribution in [0.25, 0.3) is 0 Å². The maximum Gasteiger partial charge on any atom is 0.245 e. The minimum Gasteiger partial charge on any atom is -0.489 e. The number of hydrogen-bond acceptors (Lipinski definition) is 4. The highest BCUT2D eigenvalue weighted by atomic mass is 79.9. The van der Waals surface area contributed by atoms with Crippen molar-refractivity contribution in [2.24, 2.45) is 11.0 Å². The van der Waals surface area contributed by atoms with Crippen LogP contribution in [0.2, 0.25) is 0 Å². The summed E-state index contributed by atoms with van der Waals surface area (Å²) in [4.78, 5) is 26.7. The molecule has 1 N–H and O–H groups in total. The molecule has 1 atom stereocenters. The van der Waals surface area contributed by atoms with Gasteiger partial charge in [-0.25, -0.2) is 5.43 Å². The SMILES string of the molecule is Cc1ccc(N2C[C@@H](C(=O)N/N=C\c3ccc(OCc4ccc(Br)cc4)cc3)CC2=O)cc1C. The van der Waals surface area contributed by atoms with Gasteiger partial charge in [-0.2, -0.15) is 5.10 Å². The largest absolute Gasteiger partial charge is 0.489 e. The third-order valence-electron chi connectivity index (χ3n) is 5.89. The number of carbonyl (C=O) groups is 2. The Labute approximate surface area is 207 Å². The Morgan fingerprint density at radius 3 is 2.53 bits per heavy atom. The second-order valence-electron chi connectivity index (χ2n) is 8.39. The molecule has 0 spiro atoms. The number of amides is 2. The minimum atomic E-state index is -0.430. The van der Waals surface area contributed by atoms with E-state index in [0.717, 1.165) is 32.6 Å². The number of nitrogens with zero attached hydrogens (tertiary/aromatic N) is 2. The van der Waals surface area contributed by atoms with Crippen LogP contribution < -0.4 is 15.1 Å². The lowest BCUT2D eigenvalue weighted by Gasteiger charge is -2.17. The van der Waals surface area contributed by atoms with Crippen LogP contribution in [0.4, 0.5) is 5.69 Å². The number of anilines is 1. The molecule has 6 nitrogen and oxygen atoms in total. The summed E-state index contributed by atoms with van der Waals surface area (Å²) in [7, 11) is 0. The molecule has 0 radical (unpaired) electrons. The highest BCUT2D eigenvalue weighted by Crippen LogP contribution is 2.27. The molecule has 0 bridgehead atoms. The molecule has 7 heteroatoms. The summed E-state index contributed by atoms with van der Waals surface area (Å²) in [6, 6.07) is 21.3. The zero-order valence-corrected chi connectivity index (χ0v) is 20.7. The first-order valence-electron chi connectivity index (χ1n) is 11.1. The normalized spacial score (nSPS) is 15.7. The van der Waals surface area contributed by atoms with Gasteiger partial charge in [-0.15, -0.1) is 0 Å². The topological polar surface area (TPSA) is 71.0 Å². The zero-order chi connectivity index (χ0) is 24.1. The van der Waals surface area contributed by atoms with Crippen molar-refractivity contribution < 1.29 is 14.3 Å². The minimum absolute atomic E-state index is 0.0499. The number of carbonyl (C=O) groups excluding carboxylic acids is 2. The van der Waals surface area contributed by atoms with E-state index in [1.807, 2.05) is 80.6 Å². The Morgan fingerprint density at radius 2 is 1.82 bits per heavy atom. The highest BCUT2D eigenvalue weighted by Gasteiger charge is 2.35. The van der Waals surface area contributed by atoms with Gasteiger partial charge in [0.05, 0.1) is 12.1 Å². The van der Waals surface area contributed by atoms with Gasteiger partial charge in [0, 0.05) is 23.1 Å². The van der Waals surface area contributed by atoms with Crippen LogP contribution in [0.3, 0.4) is 0 Å². The van der Waals surface area contributed by atoms with E-state index in [0.29, 0.717) is 13.2 Å². The van der Waals surface area contributed by atoms with E-state index in [-0.39, 0.29) is 18.2 Å². The van der Waals surface area contributed by atoms with E-state index in [4.69, 9.17) is 4.74 Å². The fourth-order valence-electron chi connectivity index (χ4n) is 3.69. The van der Waals surface area contributed by atoms with Crippen molar-refractivity contribution in [2.75, 3.05) is 11.4 Å². The number of ether oxygens (including phenoxy) is 1. The molecule has 1 aliphatic rings.